The first-order chi connectivity index (χ1) is 11.5. The molecule has 3 rings (SSSR count). The molecule has 3 aromatic rings. The molecule has 5 nitrogen and oxygen atoms in total. The van der Waals surface area contributed by atoms with Crippen LogP contribution in [-0.2, 0) is 6.54 Å². The predicted molar refractivity (Wildman–Crippen MR) is 94.1 cm³/mol. The number of carbonyl (C=O) groups is 1. The van der Waals surface area contributed by atoms with Crippen LogP contribution in [0.15, 0.2) is 48.0 Å². The fourth-order valence-corrected chi connectivity index (χ4v) is 3.29. The first kappa shape index (κ1) is 16.7. The largest absolute Gasteiger partial charge is 0.618 e. The maximum Gasteiger partial charge on any atom is 0.271 e. The Bertz CT molecular complexity index is 899. The van der Waals surface area contributed by atoms with Gasteiger partial charge in [0.25, 0.3) is 5.91 Å². The lowest BCUT2D eigenvalue weighted by Gasteiger charge is -2.04. The van der Waals surface area contributed by atoms with Gasteiger partial charge in [-0.2, -0.15) is 4.73 Å². The summed E-state index contributed by atoms with van der Waals surface area (Å²) >= 11 is 13.4. The van der Waals surface area contributed by atoms with Gasteiger partial charge in [-0.05, 0) is 24.3 Å². The van der Waals surface area contributed by atoms with Crippen molar-refractivity contribution in [3.8, 4) is 10.6 Å². The van der Waals surface area contributed by atoms with Crippen LogP contribution in [-0.4, -0.2) is 10.9 Å². The van der Waals surface area contributed by atoms with Crippen molar-refractivity contribution in [1.29, 1.82) is 0 Å². The van der Waals surface area contributed by atoms with Crippen LogP contribution in [0.25, 0.3) is 10.6 Å². The van der Waals surface area contributed by atoms with Crippen LogP contribution < -0.4 is 10.0 Å². The van der Waals surface area contributed by atoms with E-state index in [0.717, 1.165) is 0 Å². The summed E-state index contributed by atoms with van der Waals surface area (Å²) in [5.41, 5.74) is 1.38. The highest BCUT2D eigenvalue weighted by atomic mass is 35.5. The average Bonchev–Trinajstić information content (AvgIpc) is 3.06. The second-order valence-electron chi connectivity index (χ2n) is 4.86. The molecule has 1 amide bonds. The zero-order valence-corrected chi connectivity index (χ0v) is 14.5. The number of carbonyl (C=O) groups excluding carboxylic acids is 1. The highest BCUT2D eigenvalue weighted by molar-refractivity contribution is 7.13. The minimum atomic E-state index is -0.362. The van der Waals surface area contributed by atoms with Gasteiger partial charge in [0.2, 0.25) is 5.69 Å². The topological polar surface area (TPSA) is 68.9 Å². The number of thiazole rings is 1. The number of aromatic nitrogens is 2. The molecule has 0 aliphatic rings. The van der Waals surface area contributed by atoms with Crippen LogP contribution >= 0.6 is 34.5 Å². The van der Waals surface area contributed by atoms with Crippen molar-refractivity contribution in [2.75, 3.05) is 0 Å². The third-order valence-electron chi connectivity index (χ3n) is 3.23. The van der Waals surface area contributed by atoms with Gasteiger partial charge in [-0.15, -0.1) is 11.3 Å². The molecule has 0 unspecified atom stereocenters. The van der Waals surface area contributed by atoms with Gasteiger partial charge in [-0.3, -0.25) is 4.79 Å². The Morgan fingerprint density at radius 2 is 2.12 bits per heavy atom. The monoisotopic (exact) mass is 379 g/mol. The maximum atomic E-state index is 12.2. The van der Waals surface area contributed by atoms with E-state index in [1.54, 1.807) is 41.8 Å². The Labute approximate surface area is 152 Å². The number of halogens is 2. The van der Waals surface area contributed by atoms with Gasteiger partial charge in [-0.25, -0.2) is 4.98 Å². The number of nitrogens with zero attached hydrogens (tertiary/aromatic N) is 2. The van der Waals surface area contributed by atoms with E-state index in [0.29, 0.717) is 31.0 Å². The summed E-state index contributed by atoms with van der Waals surface area (Å²) in [5.74, 6) is -0.362. The summed E-state index contributed by atoms with van der Waals surface area (Å²) in [6, 6.07) is 10.1. The quantitative estimate of drug-likeness (QED) is 0.555. The Morgan fingerprint density at radius 1 is 1.29 bits per heavy atom. The van der Waals surface area contributed by atoms with E-state index in [1.165, 1.54) is 17.5 Å². The lowest BCUT2D eigenvalue weighted by molar-refractivity contribution is -0.614. The molecule has 122 valence electrons. The van der Waals surface area contributed by atoms with Crippen molar-refractivity contribution in [1.82, 2.24) is 10.3 Å². The molecule has 0 saturated heterocycles. The summed E-state index contributed by atoms with van der Waals surface area (Å²) in [6.45, 7) is 0.119. The maximum absolute atomic E-state index is 12.2. The molecule has 1 N–H and O–H groups in total. The van der Waals surface area contributed by atoms with Gasteiger partial charge in [0.05, 0.1) is 5.02 Å². The lowest BCUT2D eigenvalue weighted by atomic mass is 10.2. The van der Waals surface area contributed by atoms with Gasteiger partial charge in [0.15, 0.2) is 6.20 Å². The van der Waals surface area contributed by atoms with E-state index in [-0.39, 0.29) is 18.1 Å². The SMILES string of the molecule is O=C(NCc1cccc[n+]1[O-])c1csc(-c2cc(Cl)ccc2Cl)n1. The predicted octanol–water partition coefficient (Wildman–Crippen LogP) is 3.68. The van der Waals surface area contributed by atoms with E-state index in [2.05, 4.69) is 10.3 Å². The first-order valence-corrected chi connectivity index (χ1v) is 8.54. The van der Waals surface area contributed by atoms with Gasteiger partial charge >= 0.3 is 0 Å². The number of nitrogens with one attached hydrogen (secondary N) is 1. The molecule has 0 radical (unpaired) electrons. The van der Waals surface area contributed by atoms with Crippen LogP contribution in [0.4, 0.5) is 0 Å². The molecular weight excluding hydrogens is 369 g/mol. The van der Waals surface area contributed by atoms with E-state index in [4.69, 9.17) is 23.2 Å². The molecule has 0 fully saturated rings. The summed E-state index contributed by atoms with van der Waals surface area (Å²) in [7, 11) is 0. The molecule has 0 atom stereocenters. The molecule has 2 aromatic heterocycles. The molecule has 0 aliphatic carbocycles. The standard InChI is InChI=1S/C16H11Cl2N3O2S/c17-10-4-5-13(18)12(7-10)16-20-14(9-24-16)15(22)19-8-11-3-1-2-6-21(11)23/h1-7,9H,8H2,(H,19,22). The molecule has 0 bridgehead atoms. The molecule has 8 heteroatoms. The number of hydrogen-bond acceptors (Lipinski definition) is 4. The molecular formula is C16H11Cl2N3O2S. The van der Waals surface area contributed by atoms with Crippen LogP contribution in [0.2, 0.25) is 10.0 Å². The minimum absolute atomic E-state index is 0.119. The average molecular weight is 380 g/mol. The molecule has 1 aromatic carbocycles. The normalized spacial score (nSPS) is 10.6. The molecule has 0 spiro atoms. The van der Waals surface area contributed by atoms with Crippen molar-refractivity contribution in [2.45, 2.75) is 6.54 Å². The van der Waals surface area contributed by atoms with Crippen molar-refractivity contribution < 1.29 is 9.52 Å². The Balaban J connectivity index is 1.74. The molecule has 24 heavy (non-hydrogen) atoms. The van der Waals surface area contributed by atoms with Gasteiger partial charge in [-0.1, -0.05) is 23.2 Å². The summed E-state index contributed by atoms with van der Waals surface area (Å²) < 4.78 is 0.707. The van der Waals surface area contributed by atoms with Crippen molar-refractivity contribution in [3.63, 3.8) is 0 Å². The van der Waals surface area contributed by atoms with E-state index in [1.807, 2.05) is 0 Å². The minimum Gasteiger partial charge on any atom is -0.618 e. The summed E-state index contributed by atoms with van der Waals surface area (Å²) in [6.07, 6.45) is 1.38. The van der Waals surface area contributed by atoms with Crippen molar-refractivity contribution in [3.05, 3.63) is 74.6 Å². The fourth-order valence-electron chi connectivity index (χ4n) is 2.03. The van der Waals surface area contributed by atoms with E-state index in [9.17, 15) is 10.0 Å². The number of benzene rings is 1. The molecule has 0 aliphatic heterocycles. The van der Waals surface area contributed by atoms with Crippen molar-refractivity contribution in [2.24, 2.45) is 0 Å². The fraction of sp³-hybridized carbons (Fsp3) is 0.0625. The Hall–Kier alpha value is -2.15. The number of amides is 1. The first-order valence-electron chi connectivity index (χ1n) is 6.91. The van der Waals surface area contributed by atoms with Gasteiger partial charge in [0, 0.05) is 28.1 Å². The number of pyridine rings is 1. The number of hydrogen-bond donors (Lipinski definition) is 1. The summed E-state index contributed by atoms with van der Waals surface area (Å²) in [4.78, 5) is 16.5. The third-order valence-corrected chi connectivity index (χ3v) is 4.67. The van der Waals surface area contributed by atoms with Crippen LogP contribution in [0.1, 0.15) is 16.2 Å². The second-order valence-corrected chi connectivity index (χ2v) is 6.56. The Kier molecular flexibility index (Phi) is 4.99. The van der Waals surface area contributed by atoms with Gasteiger partial charge in [0.1, 0.15) is 17.2 Å². The lowest BCUT2D eigenvalue weighted by Crippen LogP contribution is -2.35. The zero-order chi connectivity index (χ0) is 17.1. The molecule has 0 saturated carbocycles. The highest BCUT2D eigenvalue weighted by Gasteiger charge is 2.15. The van der Waals surface area contributed by atoms with Crippen LogP contribution in [0, 0.1) is 5.21 Å². The van der Waals surface area contributed by atoms with E-state index < -0.39 is 0 Å². The van der Waals surface area contributed by atoms with Crippen LogP contribution in [0.5, 0.6) is 0 Å². The number of rotatable bonds is 4. The molecule has 2 heterocycles. The smallest absolute Gasteiger partial charge is 0.271 e. The van der Waals surface area contributed by atoms with Crippen molar-refractivity contribution >= 4 is 40.4 Å². The Morgan fingerprint density at radius 3 is 2.92 bits per heavy atom. The zero-order valence-electron chi connectivity index (χ0n) is 12.2. The third kappa shape index (κ3) is 3.67. The van der Waals surface area contributed by atoms with Crippen LogP contribution in [0.3, 0.4) is 0 Å². The summed E-state index contributed by atoms with van der Waals surface area (Å²) in [5, 5.41) is 17.5. The van der Waals surface area contributed by atoms with E-state index >= 15 is 0 Å². The highest BCUT2D eigenvalue weighted by Crippen LogP contribution is 2.32. The second kappa shape index (κ2) is 7.17. The van der Waals surface area contributed by atoms with Gasteiger partial charge < -0.3 is 10.5 Å².